The van der Waals surface area contributed by atoms with Crippen LogP contribution in [0.1, 0.15) is 43.2 Å². The van der Waals surface area contributed by atoms with Crippen molar-refractivity contribution in [1.82, 2.24) is 9.97 Å². The lowest BCUT2D eigenvalue weighted by Gasteiger charge is -2.27. The summed E-state index contributed by atoms with van der Waals surface area (Å²) in [5.74, 6) is -0.370. The summed E-state index contributed by atoms with van der Waals surface area (Å²) >= 11 is 0. The molecule has 1 fully saturated rings. The molecule has 1 aromatic carbocycles. The van der Waals surface area contributed by atoms with E-state index in [1.807, 2.05) is 13.0 Å². The minimum Gasteiger partial charge on any atom is -0.381 e. The third-order valence-electron chi connectivity index (χ3n) is 5.23. The molecule has 1 atom stereocenters. The van der Waals surface area contributed by atoms with Crippen LogP contribution in [0, 0.1) is 5.92 Å². The van der Waals surface area contributed by atoms with Gasteiger partial charge in [0.05, 0.1) is 10.8 Å². The highest BCUT2D eigenvalue weighted by atomic mass is 32.2. The van der Waals surface area contributed by atoms with Crippen molar-refractivity contribution in [1.29, 1.82) is 0 Å². The predicted molar refractivity (Wildman–Crippen MR) is 109 cm³/mol. The monoisotopic (exact) mass is 418 g/mol. The third kappa shape index (κ3) is 5.59. The van der Waals surface area contributed by atoms with Crippen LogP contribution >= 0.6 is 0 Å². The smallest absolute Gasteiger partial charge is 0.238 e. The number of hydrogen-bond donors (Lipinski definition) is 2. The summed E-state index contributed by atoms with van der Waals surface area (Å²) in [6.07, 6.45) is 5.70. The average Bonchev–Trinajstić information content (AvgIpc) is 2.72. The van der Waals surface area contributed by atoms with Gasteiger partial charge in [-0.05, 0) is 54.9 Å². The molecule has 8 nitrogen and oxygen atoms in total. The Balaban J connectivity index is 1.99. The Morgan fingerprint density at radius 1 is 1.31 bits per heavy atom. The van der Waals surface area contributed by atoms with Gasteiger partial charge in [0.2, 0.25) is 15.9 Å². The first-order valence-corrected chi connectivity index (χ1v) is 11.2. The number of nitrogens with two attached hydrogens (primary N) is 1. The maximum absolute atomic E-state index is 13.2. The number of nitrogens with one attached hydrogen (secondary N) is 1. The first-order chi connectivity index (χ1) is 13.9. The minimum absolute atomic E-state index is 0.00625. The van der Waals surface area contributed by atoms with Crippen LogP contribution in [0.3, 0.4) is 0 Å². The lowest BCUT2D eigenvalue weighted by molar-refractivity contribution is -0.118. The van der Waals surface area contributed by atoms with Gasteiger partial charge >= 0.3 is 0 Å². The van der Waals surface area contributed by atoms with Crippen LogP contribution in [-0.4, -0.2) is 37.5 Å². The van der Waals surface area contributed by atoms with Crippen molar-refractivity contribution in [2.75, 3.05) is 18.5 Å². The van der Waals surface area contributed by atoms with Crippen molar-refractivity contribution in [2.24, 2.45) is 11.1 Å². The molecule has 0 bridgehead atoms. The van der Waals surface area contributed by atoms with Crippen molar-refractivity contribution < 1.29 is 17.9 Å². The quantitative estimate of drug-likeness (QED) is 0.710. The zero-order valence-electron chi connectivity index (χ0n) is 16.4. The number of benzene rings is 1. The van der Waals surface area contributed by atoms with Gasteiger partial charge in [-0.15, -0.1) is 0 Å². The number of primary sulfonamides is 1. The van der Waals surface area contributed by atoms with E-state index in [-0.39, 0.29) is 16.7 Å². The zero-order valence-corrected chi connectivity index (χ0v) is 17.2. The van der Waals surface area contributed by atoms with Crippen LogP contribution in [0.5, 0.6) is 0 Å². The van der Waals surface area contributed by atoms with E-state index in [0.717, 1.165) is 18.4 Å². The van der Waals surface area contributed by atoms with Crippen molar-refractivity contribution in [3.8, 4) is 0 Å². The fraction of sp³-hybridized carbons (Fsp3) is 0.450. The molecule has 29 heavy (non-hydrogen) atoms. The molecule has 0 radical (unpaired) electrons. The molecule has 3 rings (SSSR count). The van der Waals surface area contributed by atoms with Gasteiger partial charge in [-0.2, -0.15) is 0 Å². The van der Waals surface area contributed by atoms with E-state index in [1.54, 1.807) is 18.2 Å². The molecule has 1 aromatic heterocycles. The number of aryl methyl sites for hydroxylation is 1. The highest BCUT2D eigenvalue weighted by Gasteiger charge is 2.30. The lowest BCUT2D eigenvalue weighted by atomic mass is 9.84. The number of anilines is 1. The lowest BCUT2D eigenvalue weighted by Crippen LogP contribution is -2.28. The summed E-state index contributed by atoms with van der Waals surface area (Å²) < 4.78 is 30.0. The molecule has 1 saturated heterocycles. The maximum Gasteiger partial charge on any atom is 0.238 e. The second-order valence-corrected chi connectivity index (χ2v) is 8.73. The zero-order chi connectivity index (χ0) is 20.9. The highest BCUT2D eigenvalue weighted by Crippen LogP contribution is 2.34. The van der Waals surface area contributed by atoms with Crippen LogP contribution < -0.4 is 10.5 Å². The molecule has 156 valence electrons. The number of carbonyl (C=O) groups is 1. The van der Waals surface area contributed by atoms with Crippen molar-refractivity contribution in [2.45, 2.75) is 43.4 Å². The van der Waals surface area contributed by atoms with Gasteiger partial charge in [0, 0.05) is 19.4 Å². The fourth-order valence-corrected chi connectivity index (χ4v) is 4.46. The molecule has 0 saturated carbocycles. The van der Waals surface area contributed by atoms with E-state index in [0.29, 0.717) is 37.4 Å². The number of hydrogen-bond acceptors (Lipinski definition) is 6. The molecule has 0 aliphatic carbocycles. The predicted octanol–water partition coefficient (Wildman–Crippen LogP) is 2.23. The van der Waals surface area contributed by atoms with Crippen LogP contribution in [0.2, 0.25) is 0 Å². The number of ether oxygens (including phenoxy) is 1. The topological polar surface area (TPSA) is 124 Å². The number of rotatable bonds is 7. The Kier molecular flexibility index (Phi) is 6.94. The standard InChI is InChI=1S/C20H26N4O4S/c1-2-14-3-4-16(18(12-14)29(21,26)27)17(11-15-6-9-28-10-7-15)20(25)24-19-5-8-22-13-23-19/h3-5,8,12-13,15,17H,2,6-7,9-11H2,1H3,(H2,21,26,27)(H,22,23,24,25). The summed E-state index contributed by atoms with van der Waals surface area (Å²) in [5.41, 5.74) is 1.27. The summed E-state index contributed by atoms with van der Waals surface area (Å²) in [7, 11) is -3.99. The summed E-state index contributed by atoms with van der Waals surface area (Å²) in [6, 6.07) is 6.71. The Labute approximate surface area is 170 Å². The van der Waals surface area contributed by atoms with Crippen LogP contribution in [0.25, 0.3) is 0 Å². The SMILES string of the molecule is CCc1ccc(C(CC2CCOCC2)C(=O)Nc2ccncn2)c(S(N)(=O)=O)c1. The molecule has 1 aliphatic rings. The number of carbonyl (C=O) groups excluding carboxylic acids is 1. The van der Waals surface area contributed by atoms with Gasteiger partial charge in [-0.3, -0.25) is 4.79 Å². The average molecular weight is 419 g/mol. The largest absolute Gasteiger partial charge is 0.381 e. The molecular weight excluding hydrogens is 392 g/mol. The van der Waals surface area contributed by atoms with Crippen LogP contribution in [0.4, 0.5) is 5.82 Å². The van der Waals surface area contributed by atoms with E-state index in [4.69, 9.17) is 9.88 Å². The third-order valence-corrected chi connectivity index (χ3v) is 6.19. The molecule has 1 unspecified atom stereocenters. The fourth-order valence-electron chi connectivity index (χ4n) is 3.60. The van der Waals surface area contributed by atoms with Gasteiger partial charge < -0.3 is 10.1 Å². The Bertz CT molecular complexity index is 944. The van der Waals surface area contributed by atoms with E-state index in [9.17, 15) is 13.2 Å². The van der Waals surface area contributed by atoms with E-state index in [2.05, 4.69) is 15.3 Å². The van der Waals surface area contributed by atoms with Crippen LogP contribution in [0.15, 0.2) is 41.7 Å². The van der Waals surface area contributed by atoms with Gasteiger partial charge in [0.25, 0.3) is 0 Å². The van der Waals surface area contributed by atoms with Gasteiger partial charge in [0.1, 0.15) is 12.1 Å². The second-order valence-electron chi connectivity index (χ2n) is 7.20. The first-order valence-electron chi connectivity index (χ1n) is 9.68. The summed E-state index contributed by atoms with van der Waals surface area (Å²) in [5, 5.41) is 8.29. The van der Waals surface area contributed by atoms with E-state index >= 15 is 0 Å². The second kappa shape index (κ2) is 9.43. The normalized spacial score (nSPS) is 16.3. The van der Waals surface area contributed by atoms with Crippen molar-refractivity contribution in [3.05, 3.63) is 47.9 Å². The number of nitrogens with zero attached hydrogens (tertiary/aromatic N) is 2. The molecule has 3 N–H and O–H groups in total. The van der Waals surface area contributed by atoms with E-state index in [1.165, 1.54) is 12.5 Å². The highest BCUT2D eigenvalue weighted by molar-refractivity contribution is 7.89. The molecule has 9 heteroatoms. The molecule has 1 amide bonds. The van der Waals surface area contributed by atoms with E-state index < -0.39 is 15.9 Å². The Morgan fingerprint density at radius 2 is 2.07 bits per heavy atom. The van der Waals surface area contributed by atoms with Gasteiger partial charge in [-0.1, -0.05) is 19.1 Å². The molecular formula is C20H26N4O4S. The maximum atomic E-state index is 13.2. The number of amides is 1. The molecule has 2 heterocycles. The number of aromatic nitrogens is 2. The number of sulfonamides is 1. The summed E-state index contributed by atoms with van der Waals surface area (Å²) in [4.78, 5) is 21.1. The molecule has 0 spiro atoms. The van der Waals surface area contributed by atoms with Crippen LogP contribution in [-0.2, 0) is 26.0 Å². The Hall–Kier alpha value is -2.36. The van der Waals surface area contributed by atoms with Gasteiger partial charge in [0.15, 0.2) is 0 Å². The van der Waals surface area contributed by atoms with Crippen molar-refractivity contribution >= 4 is 21.7 Å². The van der Waals surface area contributed by atoms with Crippen molar-refractivity contribution in [3.63, 3.8) is 0 Å². The first kappa shape index (κ1) is 21.4. The molecule has 2 aromatic rings. The minimum atomic E-state index is -3.99. The van der Waals surface area contributed by atoms with Gasteiger partial charge in [-0.25, -0.2) is 23.5 Å². The summed E-state index contributed by atoms with van der Waals surface area (Å²) in [6.45, 7) is 3.21. The molecule has 1 aliphatic heterocycles. The Morgan fingerprint density at radius 3 is 2.69 bits per heavy atom.